The number of carbonyl (C=O) groups is 2. The molecule has 0 aromatic heterocycles. The molecule has 1 aromatic carbocycles. The van der Waals surface area contributed by atoms with Gasteiger partial charge in [-0.25, -0.2) is 4.79 Å². The van der Waals surface area contributed by atoms with Crippen molar-refractivity contribution < 1.29 is 14.7 Å². The van der Waals surface area contributed by atoms with Gasteiger partial charge in [0.2, 0.25) is 0 Å². The number of benzene rings is 1. The lowest BCUT2D eigenvalue weighted by Gasteiger charge is -2.02. The van der Waals surface area contributed by atoms with Crippen LogP contribution in [0.15, 0.2) is 22.7 Å². The van der Waals surface area contributed by atoms with E-state index < -0.39 is 5.97 Å². The van der Waals surface area contributed by atoms with Gasteiger partial charge in [-0.1, -0.05) is 31.9 Å². The Morgan fingerprint density at radius 3 is 2.50 bits per heavy atom. The summed E-state index contributed by atoms with van der Waals surface area (Å²) in [4.78, 5) is 22.0. The molecule has 0 aliphatic heterocycles. The number of Topliss-reactive ketones (excluding diaryl/α,β-unsaturated/α-hetero) is 1. The van der Waals surface area contributed by atoms with E-state index in [1.54, 1.807) is 6.07 Å². The predicted molar refractivity (Wildman–Crippen MR) is 59.2 cm³/mol. The lowest BCUT2D eigenvalue weighted by atomic mass is 10.1. The predicted octanol–water partition coefficient (Wildman–Crippen LogP) is 2.72. The maximum Gasteiger partial charge on any atom is 0.335 e. The summed E-state index contributed by atoms with van der Waals surface area (Å²) in [5.74, 6) is -1.19. The van der Waals surface area contributed by atoms with Crippen molar-refractivity contribution in [3.8, 4) is 0 Å². The van der Waals surface area contributed by atoms with E-state index in [4.69, 9.17) is 5.11 Å². The molecule has 0 unspecified atom stereocenters. The number of halogens is 2. The van der Waals surface area contributed by atoms with Crippen molar-refractivity contribution in [2.24, 2.45) is 0 Å². The summed E-state index contributed by atoms with van der Waals surface area (Å²) in [7, 11) is 0. The molecule has 0 bridgehead atoms. The molecule has 1 aromatic rings. The highest BCUT2D eigenvalue weighted by molar-refractivity contribution is 9.10. The Morgan fingerprint density at radius 1 is 1.36 bits per heavy atom. The highest BCUT2D eigenvalue weighted by Gasteiger charge is 2.12. The second kappa shape index (κ2) is 4.70. The molecule has 0 aliphatic rings. The number of carboxylic acids is 1. The summed E-state index contributed by atoms with van der Waals surface area (Å²) in [5.41, 5.74) is 0.485. The topological polar surface area (TPSA) is 54.4 Å². The van der Waals surface area contributed by atoms with Gasteiger partial charge in [-0.05, 0) is 18.2 Å². The van der Waals surface area contributed by atoms with Gasteiger partial charge in [0.05, 0.1) is 10.9 Å². The maximum atomic E-state index is 11.3. The van der Waals surface area contributed by atoms with E-state index in [0.717, 1.165) is 0 Å². The van der Waals surface area contributed by atoms with E-state index in [-0.39, 0.29) is 16.7 Å². The van der Waals surface area contributed by atoms with Crippen molar-refractivity contribution in [3.05, 3.63) is 33.8 Å². The number of ketones is 1. The molecule has 14 heavy (non-hydrogen) atoms. The molecular formula is C9H6Br2O3. The van der Waals surface area contributed by atoms with Crippen LogP contribution in [-0.2, 0) is 0 Å². The molecule has 0 radical (unpaired) electrons. The largest absolute Gasteiger partial charge is 0.478 e. The zero-order valence-corrected chi connectivity index (χ0v) is 10.1. The third-order valence-corrected chi connectivity index (χ3v) is 2.84. The summed E-state index contributed by atoms with van der Waals surface area (Å²) in [6, 6.07) is 4.35. The Hall–Kier alpha value is -0.680. The first-order valence-electron chi connectivity index (χ1n) is 3.68. The average Bonchev–Trinajstić information content (AvgIpc) is 2.17. The summed E-state index contributed by atoms with van der Waals surface area (Å²) in [6.45, 7) is 0. The van der Waals surface area contributed by atoms with E-state index in [9.17, 15) is 9.59 Å². The first-order valence-corrected chi connectivity index (χ1v) is 5.59. The molecule has 5 heteroatoms. The highest BCUT2D eigenvalue weighted by Crippen LogP contribution is 2.19. The van der Waals surface area contributed by atoms with Gasteiger partial charge in [0.1, 0.15) is 0 Å². The van der Waals surface area contributed by atoms with E-state index >= 15 is 0 Å². The van der Waals surface area contributed by atoms with Crippen LogP contribution >= 0.6 is 31.9 Å². The quantitative estimate of drug-likeness (QED) is 0.688. The number of hydrogen-bond acceptors (Lipinski definition) is 2. The van der Waals surface area contributed by atoms with Gasteiger partial charge in [-0.2, -0.15) is 0 Å². The fourth-order valence-corrected chi connectivity index (χ4v) is 1.71. The fraction of sp³-hybridized carbons (Fsp3) is 0.111. The zero-order valence-electron chi connectivity index (χ0n) is 6.96. The van der Waals surface area contributed by atoms with Gasteiger partial charge < -0.3 is 5.11 Å². The molecule has 0 aliphatic carbocycles. The van der Waals surface area contributed by atoms with Gasteiger partial charge in [0.25, 0.3) is 0 Å². The summed E-state index contributed by atoms with van der Waals surface area (Å²) >= 11 is 6.22. The van der Waals surface area contributed by atoms with Crippen LogP contribution in [0.1, 0.15) is 20.7 Å². The Labute approximate surface area is 97.4 Å². The fourth-order valence-electron chi connectivity index (χ4n) is 0.944. The van der Waals surface area contributed by atoms with Gasteiger partial charge in [0.15, 0.2) is 5.78 Å². The third-order valence-electron chi connectivity index (χ3n) is 1.64. The standard InChI is InChI=1S/C9H6Br2O3/c10-4-8(12)6-3-5(9(13)14)1-2-7(6)11/h1-3H,4H2,(H,13,14). The van der Waals surface area contributed by atoms with E-state index in [1.165, 1.54) is 12.1 Å². The zero-order chi connectivity index (χ0) is 10.7. The lowest BCUT2D eigenvalue weighted by molar-refractivity contribution is 0.0697. The maximum absolute atomic E-state index is 11.3. The SMILES string of the molecule is O=C(O)c1ccc(Br)c(C(=O)CBr)c1. The Bertz CT molecular complexity index is 388. The second-order valence-electron chi connectivity index (χ2n) is 2.56. The molecule has 0 saturated heterocycles. The van der Waals surface area contributed by atoms with Crippen LogP contribution < -0.4 is 0 Å². The van der Waals surface area contributed by atoms with Crippen molar-refractivity contribution in [3.63, 3.8) is 0 Å². The molecule has 1 N–H and O–H groups in total. The lowest BCUT2D eigenvalue weighted by Crippen LogP contribution is -2.04. The molecule has 0 amide bonds. The number of rotatable bonds is 3. The summed E-state index contributed by atoms with van der Waals surface area (Å²) in [6.07, 6.45) is 0. The van der Waals surface area contributed by atoms with Crippen molar-refractivity contribution in [1.82, 2.24) is 0 Å². The molecule has 74 valence electrons. The molecular weight excluding hydrogens is 316 g/mol. The Morgan fingerprint density at radius 2 is 2.00 bits per heavy atom. The third kappa shape index (κ3) is 2.42. The molecule has 1 rings (SSSR count). The van der Waals surface area contributed by atoms with Gasteiger partial charge in [-0.15, -0.1) is 0 Å². The van der Waals surface area contributed by atoms with E-state index in [1.807, 2.05) is 0 Å². The number of carbonyl (C=O) groups excluding carboxylic acids is 1. The van der Waals surface area contributed by atoms with Crippen molar-refractivity contribution >= 4 is 43.6 Å². The first-order chi connectivity index (χ1) is 6.56. The molecule has 3 nitrogen and oxygen atoms in total. The monoisotopic (exact) mass is 320 g/mol. The normalized spacial score (nSPS) is 9.86. The van der Waals surface area contributed by atoms with Crippen LogP contribution in [0.2, 0.25) is 0 Å². The molecule has 0 heterocycles. The van der Waals surface area contributed by atoms with Crippen molar-refractivity contribution in [1.29, 1.82) is 0 Å². The number of hydrogen-bond donors (Lipinski definition) is 1. The minimum Gasteiger partial charge on any atom is -0.478 e. The molecule has 0 atom stereocenters. The average molecular weight is 322 g/mol. The van der Waals surface area contributed by atoms with Crippen LogP contribution in [0.3, 0.4) is 0 Å². The minimum absolute atomic E-state index is 0.109. The number of carboxylic acid groups (broad SMARTS) is 1. The van der Waals surface area contributed by atoms with Crippen molar-refractivity contribution in [2.75, 3.05) is 5.33 Å². The van der Waals surface area contributed by atoms with E-state index in [2.05, 4.69) is 31.9 Å². The number of aromatic carboxylic acids is 1. The van der Waals surface area contributed by atoms with Gasteiger partial charge >= 0.3 is 5.97 Å². The van der Waals surface area contributed by atoms with Gasteiger partial charge in [0, 0.05) is 10.0 Å². The molecule has 0 fully saturated rings. The van der Waals surface area contributed by atoms with Crippen LogP contribution in [0.5, 0.6) is 0 Å². The van der Waals surface area contributed by atoms with Crippen LogP contribution in [0.25, 0.3) is 0 Å². The van der Waals surface area contributed by atoms with Crippen LogP contribution in [0.4, 0.5) is 0 Å². The Balaban J connectivity index is 3.21. The smallest absolute Gasteiger partial charge is 0.335 e. The molecule has 0 saturated carbocycles. The minimum atomic E-state index is -1.04. The molecule has 0 spiro atoms. The highest BCUT2D eigenvalue weighted by atomic mass is 79.9. The second-order valence-corrected chi connectivity index (χ2v) is 3.97. The summed E-state index contributed by atoms with van der Waals surface area (Å²) < 4.78 is 0.604. The Kier molecular flexibility index (Phi) is 3.83. The van der Waals surface area contributed by atoms with Crippen molar-refractivity contribution in [2.45, 2.75) is 0 Å². The number of alkyl halides is 1. The van der Waals surface area contributed by atoms with Crippen LogP contribution in [-0.4, -0.2) is 22.2 Å². The van der Waals surface area contributed by atoms with E-state index in [0.29, 0.717) is 10.0 Å². The first kappa shape index (κ1) is 11.4. The van der Waals surface area contributed by atoms with Gasteiger partial charge in [-0.3, -0.25) is 4.79 Å². The van der Waals surface area contributed by atoms with Crippen LogP contribution in [0, 0.1) is 0 Å². The summed E-state index contributed by atoms with van der Waals surface area (Å²) in [5, 5.41) is 8.89.